The number of urea groups is 1. The van der Waals surface area contributed by atoms with Crippen molar-refractivity contribution in [3.05, 3.63) is 33.9 Å². The van der Waals surface area contributed by atoms with Crippen LogP contribution < -0.4 is 10.2 Å². The first-order chi connectivity index (χ1) is 14.7. The van der Waals surface area contributed by atoms with Gasteiger partial charge in [-0.05, 0) is 38.3 Å². The van der Waals surface area contributed by atoms with Crippen LogP contribution in [0.15, 0.2) is 18.2 Å². The molecule has 2 aliphatic heterocycles. The van der Waals surface area contributed by atoms with E-state index in [1.54, 1.807) is 19.9 Å². The molecule has 0 aromatic heterocycles. The Labute approximate surface area is 181 Å². The smallest absolute Gasteiger partial charge is 0.331 e. The van der Waals surface area contributed by atoms with Crippen LogP contribution in [0.2, 0.25) is 0 Å². The molecule has 31 heavy (non-hydrogen) atoms. The molecule has 2 aliphatic rings. The Kier molecular flexibility index (Phi) is 6.33. The summed E-state index contributed by atoms with van der Waals surface area (Å²) in [5, 5.41) is 13.8. The van der Waals surface area contributed by atoms with Crippen LogP contribution in [0.3, 0.4) is 0 Å². The number of non-ortho nitro benzene ring substituents is 1. The Bertz CT molecular complexity index is 915. The molecule has 9 heteroatoms. The molecule has 1 spiro atoms. The number of carbonyl (C=O) groups is 3. The van der Waals surface area contributed by atoms with Crippen LogP contribution in [0.25, 0.3) is 0 Å². The highest BCUT2D eigenvalue weighted by Crippen LogP contribution is 2.47. The van der Waals surface area contributed by atoms with Gasteiger partial charge >= 0.3 is 6.03 Å². The summed E-state index contributed by atoms with van der Waals surface area (Å²) in [5.41, 5.74) is -0.195. The lowest BCUT2D eigenvalue weighted by Crippen LogP contribution is -2.73. The van der Waals surface area contributed by atoms with E-state index in [-0.39, 0.29) is 12.1 Å². The van der Waals surface area contributed by atoms with Crippen LogP contribution in [0.4, 0.5) is 16.2 Å². The van der Waals surface area contributed by atoms with Crippen LogP contribution >= 0.6 is 0 Å². The molecule has 1 N–H and O–H groups in total. The van der Waals surface area contributed by atoms with Gasteiger partial charge in [-0.1, -0.05) is 26.7 Å². The molecule has 0 saturated carbocycles. The molecule has 0 bridgehead atoms. The van der Waals surface area contributed by atoms with E-state index in [9.17, 15) is 24.5 Å². The van der Waals surface area contributed by atoms with Crippen molar-refractivity contribution in [3.8, 4) is 0 Å². The second-order valence-corrected chi connectivity index (χ2v) is 8.60. The van der Waals surface area contributed by atoms with Crippen molar-refractivity contribution in [3.63, 3.8) is 0 Å². The molecule has 3 rings (SSSR count). The Hall–Kier alpha value is -2.97. The van der Waals surface area contributed by atoms with Crippen molar-refractivity contribution in [2.75, 3.05) is 11.4 Å². The summed E-state index contributed by atoms with van der Waals surface area (Å²) in [5.74, 6) is -1.13. The standard InChI is InChI=1S/C22H30N4O5/c1-5-7-11-24-17-10-9-16(26(30)31)12-15(17)13-22(18(24)8-6-2)19(27)23-21(29)25(14(3)4)20(22)28/h9-10,12,14,18H,5-8,11,13H2,1-4H3,(H,23,27,29)/t18-,22-/m0/s1. The van der Waals surface area contributed by atoms with E-state index in [2.05, 4.69) is 17.1 Å². The average molecular weight is 431 g/mol. The normalized spacial score (nSPS) is 23.4. The maximum absolute atomic E-state index is 13.8. The number of hydrogen-bond acceptors (Lipinski definition) is 6. The number of nitrogens with zero attached hydrogens (tertiary/aromatic N) is 3. The number of nitro groups is 1. The zero-order valence-electron chi connectivity index (χ0n) is 18.5. The number of benzene rings is 1. The van der Waals surface area contributed by atoms with Crippen molar-refractivity contribution in [2.24, 2.45) is 5.41 Å². The van der Waals surface area contributed by atoms with E-state index in [1.165, 1.54) is 12.1 Å². The van der Waals surface area contributed by atoms with E-state index < -0.39 is 40.3 Å². The largest absolute Gasteiger partial charge is 0.367 e. The fourth-order valence-corrected chi connectivity index (χ4v) is 4.83. The predicted octanol–water partition coefficient (Wildman–Crippen LogP) is 3.40. The summed E-state index contributed by atoms with van der Waals surface area (Å²) in [6, 6.07) is 3.06. The monoisotopic (exact) mass is 430 g/mol. The number of anilines is 1. The van der Waals surface area contributed by atoms with Gasteiger partial charge in [-0.25, -0.2) is 4.79 Å². The molecule has 9 nitrogen and oxygen atoms in total. The maximum atomic E-state index is 13.8. The van der Waals surface area contributed by atoms with Crippen LogP contribution in [0.5, 0.6) is 0 Å². The van der Waals surface area contributed by atoms with Crippen LogP contribution in [-0.2, 0) is 16.0 Å². The quantitative estimate of drug-likeness (QED) is 0.403. The zero-order valence-corrected chi connectivity index (χ0v) is 18.5. The number of nitrogens with one attached hydrogen (secondary N) is 1. The Morgan fingerprint density at radius 2 is 1.94 bits per heavy atom. The van der Waals surface area contributed by atoms with Gasteiger partial charge in [-0.15, -0.1) is 0 Å². The molecule has 0 unspecified atom stereocenters. The topological polar surface area (TPSA) is 113 Å². The second-order valence-electron chi connectivity index (χ2n) is 8.60. The third kappa shape index (κ3) is 3.66. The highest BCUT2D eigenvalue weighted by atomic mass is 16.6. The summed E-state index contributed by atoms with van der Waals surface area (Å²) in [7, 11) is 0. The van der Waals surface area contributed by atoms with E-state index in [4.69, 9.17) is 0 Å². The number of unbranched alkanes of at least 4 members (excludes halogenated alkanes) is 1. The lowest BCUT2D eigenvalue weighted by atomic mass is 9.67. The summed E-state index contributed by atoms with van der Waals surface area (Å²) in [6.45, 7) is 8.12. The van der Waals surface area contributed by atoms with E-state index >= 15 is 0 Å². The van der Waals surface area contributed by atoms with Crippen LogP contribution in [-0.4, -0.2) is 46.3 Å². The van der Waals surface area contributed by atoms with Gasteiger partial charge < -0.3 is 4.90 Å². The van der Waals surface area contributed by atoms with Gasteiger partial charge in [0.2, 0.25) is 11.8 Å². The van der Waals surface area contributed by atoms with Gasteiger partial charge in [0.1, 0.15) is 0 Å². The minimum atomic E-state index is -1.51. The lowest BCUT2D eigenvalue weighted by molar-refractivity contribution is -0.384. The third-order valence-electron chi connectivity index (χ3n) is 6.27. The fourth-order valence-electron chi connectivity index (χ4n) is 4.83. The Morgan fingerprint density at radius 1 is 1.23 bits per heavy atom. The molecule has 1 aromatic rings. The molecular formula is C22H30N4O5. The molecular weight excluding hydrogens is 400 g/mol. The molecule has 1 fully saturated rings. The predicted molar refractivity (Wildman–Crippen MR) is 116 cm³/mol. The molecule has 1 saturated heterocycles. The van der Waals surface area contributed by atoms with Crippen molar-refractivity contribution in [1.29, 1.82) is 0 Å². The molecule has 0 aliphatic carbocycles. The SMILES string of the molecule is CCCCN1c2ccc([N+](=O)[O-])cc2C[C@@]2(C(=O)NC(=O)N(C(C)C)C2=O)[C@@H]1CCC. The molecule has 2 heterocycles. The number of amides is 4. The number of rotatable bonds is 7. The van der Waals surface area contributed by atoms with Gasteiger partial charge in [0, 0.05) is 36.8 Å². The summed E-state index contributed by atoms with van der Waals surface area (Å²) in [4.78, 5) is 53.7. The number of imide groups is 2. The number of carbonyl (C=O) groups excluding carboxylic acids is 3. The van der Waals surface area contributed by atoms with Crippen LogP contribution in [0.1, 0.15) is 58.9 Å². The van der Waals surface area contributed by atoms with Crippen LogP contribution in [0, 0.1) is 15.5 Å². The van der Waals surface area contributed by atoms with Crippen molar-refractivity contribution >= 4 is 29.2 Å². The Morgan fingerprint density at radius 3 is 2.52 bits per heavy atom. The summed E-state index contributed by atoms with van der Waals surface area (Å²) >= 11 is 0. The molecule has 0 radical (unpaired) electrons. The number of fused-ring (bicyclic) bond motifs is 1. The van der Waals surface area contributed by atoms with Gasteiger partial charge in [-0.2, -0.15) is 0 Å². The summed E-state index contributed by atoms with van der Waals surface area (Å²) in [6.07, 6.45) is 3.11. The highest BCUT2D eigenvalue weighted by molar-refractivity contribution is 6.20. The zero-order chi connectivity index (χ0) is 22.9. The molecule has 168 valence electrons. The van der Waals surface area contributed by atoms with Gasteiger partial charge in [-0.3, -0.25) is 29.9 Å². The molecule has 4 amide bonds. The fraction of sp³-hybridized carbons (Fsp3) is 0.591. The van der Waals surface area contributed by atoms with Gasteiger partial charge in [0.05, 0.1) is 11.0 Å². The number of hydrogen-bond donors (Lipinski definition) is 1. The van der Waals surface area contributed by atoms with Crippen molar-refractivity contribution < 1.29 is 19.3 Å². The molecule has 2 atom stereocenters. The van der Waals surface area contributed by atoms with Gasteiger partial charge in [0.25, 0.3) is 5.69 Å². The van der Waals surface area contributed by atoms with Crippen molar-refractivity contribution in [1.82, 2.24) is 10.2 Å². The van der Waals surface area contributed by atoms with E-state index in [1.807, 2.05) is 6.92 Å². The lowest BCUT2D eigenvalue weighted by Gasteiger charge is -2.52. The maximum Gasteiger partial charge on any atom is 0.331 e. The first-order valence-electron chi connectivity index (χ1n) is 10.9. The Balaban J connectivity index is 2.23. The third-order valence-corrected chi connectivity index (χ3v) is 6.27. The first-order valence-corrected chi connectivity index (χ1v) is 10.9. The minimum Gasteiger partial charge on any atom is -0.367 e. The summed E-state index contributed by atoms with van der Waals surface area (Å²) < 4.78 is 0. The van der Waals surface area contributed by atoms with Crippen molar-refractivity contribution in [2.45, 2.75) is 71.9 Å². The molecule has 1 aromatic carbocycles. The first kappa shape index (κ1) is 22.7. The minimum absolute atomic E-state index is 0.0263. The highest BCUT2D eigenvalue weighted by Gasteiger charge is 2.62. The van der Waals surface area contributed by atoms with E-state index in [0.29, 0.717) is 18.5 Å². The van der Waals surface area contributed by atoms with Gasteiger partial charge in [0.15, 0.2) is 5.41 Å². The second kappa shape index (κ2) is 8.64. The average Bonchev–Trinajstić information content (AvgIpc) is 2.70. The number of nitro benzene ring substituents is 1. The van der Waals surface area contributed by atoms with E-state index in [0.717, 1.165) is 29.8 Å². The number of barbiturate groups is 1.